The summed E-state index contributed by atoms with van der Waals surface area (Å²) >= 11 is 7.31. The van der Waals surface area contributed by atoms with Crippen LogP contribution < -0.4 is 0 Å². The number of hydrogen-bond acceptors (Lipinski definition) is 4. The summed E-state index contributed by atoms with van der Waals surface area (Å²) < 4.78 is 7.83. The number of carbonyl (C=O) groups is 1. The average molecular weight is 506 g/mol. The molecule has 0 fully saturated rings. The normalized spacial score (nSPS) is 13.6. The second-order valence-electron chi connectivity index (χ2n) is 8.21. The Balaban J connectivity index is 0.000000454. The number of allylic oxidation sites excluding steroid dienone is 1. The van der Waals surface area contributed by atoms with Crippen molar-refractivity contribution in [3.05, 3.63) is 69.5 Å². The van der Waals surface area contributed by atoms with Crippen molar-refractivity contribution in [3.63, 3.8) is 0 Å². The van der Waals surface area contributed by atoms with Gasteiger partial charge in [-0.3, -0.25) is 4.79 Å². The predicted molar refractivity (Wildman–Crippen MR) is 149 cm³/mol. The molecule has 0 atom stereocenters. The molecule has 0 unspecified atom stereocenters. The number of H-pyrrole nitrogens is 1. The van der Waals surface area contributed by atoms with Crippen molar-refractivity contribution in [2.24, 2.45) is 7.05 Å². The molecule has 0 radical (unpaired) electrons. The monoisotopic (exact) mass is 505 g/mol. The fraction of sp³-hybridized carbons (Fsp3) is 0.407. The quantitative estimate of drug-likeness (QED) is 0.259. The smallest absolute Gasteiger partial charge is 0.190 e. The first kappa shape index (κ1) is 31.4. The van der Waals surface area contributed by atoms with Gasteiger partial charge in [-0.15, -0.1) is 11.3 Å². The number of nitrogens with one attached hydrogen (secondary N) is 1. The summed E-state index contributed by atoms with van der Waals surface area (Å²) in [5.74, 6) is 0.753. The van der Waals surface area contributed by atoms with E-state index >= 15 is 0 Å². The van der Waals surface area contributed by atoms with Gasteiger partial charge in [-0.05, 0) is 60.6 Å². The molecule has 4 aromatic heterocycles. The molecule has 2 aliphatic rings. The third-order valence-corrected chi connectivity index (χ3v) is 6.90. The lowest BCUT2D eigenvalue weighted by molar-refractivity contribution is 0.104. The molecule has 0 bridgehead atoms. The number of hydrogen-bond donors (Lipinski definition) is 1. The lowest BCUT2D eigenvalue weighted by Gasteiger charge is -2.16. The van der Waals surface area contributed by atoms with Gasteiger partial charge in [0.05, 0.1) is 22.5 Å². The van der Waals surface area contributed by atoms with Gasteiger partial charge in [-0.2, -0.15) is 0 Å². The van der Waals surface area contributed by atoms with Crippen LogP contribution in [0.25, 0.3) is 16.4 Å². The number of rotatable bonds is 0. The first-order chi connectivity index (χ1) is 14.3. The highest BCUT2D eigenvalue weighted by Gasteiger charge is 2.29. The van der Waals surface area contributed by atoms with E-state index in [2.05, 4.69) is 29.9 Å². The minimum atomic E-state index is 0. The molecule has 6 rings (SSSR count). The van der Waals surface area contributed by atoms with Crippen molar-refractivity contribution in [1.82, 2.24) is 14.5 Å². The SMILES string of the molecule is C.C.C.C.CC1(C)CCc2[nH]ccc21.Cc1coc2c1C(=O)C=C2.Cn1cnc2cc(Cl)sc21. The third-order valence-electron chi connectivity index (χ3n) is 5.55. The van der Waals surface area contributed by atoms with E-state index in [4.69, 9.17) is 16.0 Å². The highest BCUT2D eigenvalue weighted by Crippen LogP contribution is 2.37. The number of thiophene rings is 1. The van der Waals surface area contributed by atoms with Crippen LogP contribution >= 0.6 is 22.9 Å². The molecule has 34 heavy (non-hydrogen) atoms. The summed E-state index contributed by atoms with van der Waals surface area (Å²) in [5, 5.41) is 0. The molecule has 0 saturated heterocycles. The highest BCUT2D eigenvalue weighted by molar-refractivity contribution is 7.22. The van der Waals surface area contributed by atoms with Crippen LogP contribution in [0.2, 0.25) is 4.34 Å². The zero-order valence-electron chi connectivity index (χ0n) is 17.5. The number of halogens is 1. The predicted octanol–water partition coefficient (Wildman–Crippen LogP) is 8.87. The molecular formula is C27H40ClN3O2S. The summed E-state index contributed by atoms with van der Waals surface area (Å²) in [4.78, 5) is 19.5. The van der Waals surface area contributed by atoms with E-state index in [1.54, 1.807) is 30.0 Å². The Labute approximate surface area is 213 Å². The standard InChI is InChI=1S/C9H13N.C8H6O2.C6H5ClN2S.4CH4/c1-9(2)5-3-8-7(9)4-6-10-8;1-5-4-10-7-3-2-6(9)8(5)7;1-9-3-8-4-2-5(7)10-6(4)9;;;;/h4,6,10H,3,5H2,1-2H3;2-4H,1H3;2-3H,1H3;4*1H4. The van der Waals surface area contributed by atoms with Gasteiger partial charge in [0, 0.05) is 18.9 Å². The summed E-state index contributed by atoms with van der Waals surface area (Å²) in [7, 11) is 1.96. The number of carbonyl (C=O) groups excluding carboxylic acids is 1. The van der Waals surface area contributed by atoms with Crippen LogP contribution in [0.5, 0.6) is 0 Å². The van der Waals surface area contributed by atoms with Crippen LogP contribution in [0.1, 0.15) is 82.9 Å². The molecule has 5 nitrogen and oxygen atoms in total. The molecule has 188 valence electrons. The number of fused-ring (bicyclic) bond motifs is 3. The number of aromatic nitrogens is 3. The molecule has 4 aromatic rings. The number of imidazole rings is 1. The van der Waals surface area contributed by atoms with Crippen molar-refractivity contribution in [1.29, 1.82) is 0 Å². The molecule has 0 amide bonds. The molecule has 0 spiro atoms. The number of aryl methyl sites for hydroxylation is 3. The molecule has 2 aliphatic carbocycles. The van der Waals surface area contributed by atoms with Crippen molar-refractivity contribution in [2.45, 2.75) is 68.7 Å². The van der Waals surface area contributed by atoms with Crippen LogP contribution in [0.3, 0.4) is 0 Å². The van der Waals surface area contributed by atoms with Crippen LogP contribution in [-0.2, 0) is 18.9 Å². The zero-order chi connectivity index (χ0) is 21.5. The molecule has 4 heterocycles. The first-order valence-corrected chi connectivity index (χ1v) is 11.0. The fourth-order valence-corrected chi connectivity index (χ4v) is 4.93. The highest BCUT2D eigenvalue weighted by atomic mass is 35.5. The van der Waals surface area contributed by atoms with Gasteiger partial charge in [-0.25, -0.2) is 4.98 Å². The van der Waals surface area contributed by atoms with E-state index in [1.807, 2.05) is 30.8 Å². The second-order valence-corrected chi connectivity index (χ2v) is 9.87. The van der Waals surface area contributed by atoms with Crippen molar-refractivity contribution >= 4 is 45.1 Å². The Hall–Kier alpha value is -2.57. The number of ketones is 1. The Morgan fingerprint density at radius 1 is 1.21 bits per heavy atom. The van der Waals surface area contributed by atoms with Crippen LogP contribution in [0.15, 0.2) is 41.4 Å². The molecule has 0 aliphatic heterocycles. The largest absolute Gasteiger partial charge is 0.464 e. The number of nitrogens with zero attached hydrogens (tertiary/aromatic N) is 2. The van der Waals surface area contributed by atoms with E-state index in [1.165, 1.54) is 30.2 Å². The minimum absolute atomic E-state index is 0. The maximum atomic E-state index is 11.0. The van der Waals surface area contributed by atoms with E-state index in [-0.39, 0.29) is 35.5 Å². The van der Waals surface area contributed by atoms with Crippen LogP contribution in [-0.4, -0.2) is 20.3 Å². The topological polar surface area (TPSA) is 63.8 Å². The fourth-order valence-electron chi connectivity index (χ4n) is 3.84. The zero-order valence-corrected chi connectivity index (χ0v) is 19.0. The van der Waals surface area contributed by atoms with Crippen molar-refractivity contribution in [2.75, 3.05) is 0 Å². The average Bonchev–Trinajstić information content (AvgIpc) is 3.49. The van der Waals surface area contributed by atoms with Gasteiger partial charge in [0.1, 0.15) is 16.1 Å². The Morgan fingerprint density at radius 3 is 2.53 bits per heavy atom. The van der Waals surface area contributed by atoms with E-state index in [0.717, 1.165) is 25.8 Å². The van der Waals surface area contributed by atoms with Gasteiger partial charge < -0.3 is 14.0 Å². The maximum absolute atomic E-state index is 11.0. The Bertz CT molecular complexity index is 1240. The third kappa shape index (κ3) is 6.10. The van der Waals surface area contributed by atoms with Gasteiger partial charge in [0.25, 0.3) is 0 Å². The summed E-state index contributed by atoms with van der Waals surface area (Å²) in [6, 6.07) is 4.09. The number of furan rings is 1. The first-order valence-electron chi connectivity index (χ1n) is 9.80. The second kappa shape index (κ2) is 12.2. The lowest BCUT2D eigenvalue weighted by atomic mass is 9.88. The molecule has 0 aromatic carbocycles. The van der Waals surface area contributed by atoms with E-state index in [0.29, 0.717) is 11.2 Å². The number of aromatic amines is 1. The van der Waals surface area contributed by atoms with Crippen LogP contribution in [0.4, 0.5) is 0 Å². The van der Waals surface area contributed by atoms with Gasteiger partial charge in [0.2, 0.25) is 0 Å². The van der Waals surface area contributed by atoms with Crippen molar-refractivity contribution < 1.29 is 9.21 Å². The summed E-state index contributed by atoms with van der Waals surface area (Å²) in [6.45, 7) is 6.49. The maximum Gasteiger partial charge on any atom is 0.190 e. The lowest BCUT2D eigenvalue weighted by Crippen LogP contribution is -2.10. The van der Waals surface area contributed by atoms with E-state index in [9.17, 15) is 4.79 Å². The Morgan fingerprint density at radius 2 is 1.91 bits per heavy atom. The minimum Gasteiger partial charge on any atom is -0.464 e. The molecule has 0 saturated carbocycles. The summed E-state index contributed by atoms with van der Waals surface area (Å²) in [5.41, 5.74) is 6.02. The summed E-state index contributed by atoms with van der Waals surface area (Å²) in [6.07, 6.45) is 11.2. The molecule has 7 heteroatoms. The van der Waals surface area contributed by atoms with E-state index < -0.39 is 0 Å². The van der Waals surface area contributed by atoms with Gasteiger partial charge >= 0.3 is 0 Å². The molecular weight excluding hydrogens is 466 g/mol. The van der Waals surface area contributed by atoms with Crippen LogP contribution in [0, 0.1) is 6.92 Å². The van der Waals surface area contributed by atoms with Crippen molar-refractivity contribution in [3.8, 4) is 0 Å². The van der Waals surface area contributed by atoms with Gasteiger partial charge in [0.15, 0.2) is 5.78 Å². The molecule has 1 N–H and O–H groups in total. The Kier molecular flexibility index (Phi) is 11.3. The van der Waals surface area contributed by atoms with Gasteiger partial charge in [-0.1, -0.05) is 55.2 Å².